The molecule has 2 heteroatoms. The number of ketones is 1. The first-order chi connectivity index (χ1) is 2.27. The van der Waals surface area contributed by atoms with E-state index in [2.05, 4.69) is 0 Å². The quantitative estimate of drug-likeness (QED) is 0.481. The number of rotatable bonds is 1. The summed E-state index contributed by atoms with van der Waals surface area (Å²) in [6.45, 7) is 3.43. The minimum atomic E-state index is 0. The molecule has 35 valence electrons. The fourth-order valence-corrected chi connectivity index (χ4v) is 0. The van der Waals surface area contributed by atoms with E-state index < -0.39 is 0 Å². The van der Waals surface area contributed by atoms with Crippen LogP contribution in [0.5, 0.6) is 0 Å². The van der Waals surface area contributed by atoms with Gasteiger partial charge in [-0.1, -0.05) is 6.92 Å². The molecule has 0 rings (SSSR count). The minimum absolute atomic E-state index is 0. The Hall–Kier alpha value is 0.189. The van der Waals surface area contributed by atoms with Crippen LogP contribution in [0.3, 0.4) is 0 Å². The molecule has 0 aromatic rings. The van der Waals surface area contributed by atoms with Gasteiger partial charge in [0.05, 0.1) is 0 Å². The molecule has 0 spiro atoms. The first-order valence-corrected chi connectivity index (χ1v) is 1.76. The summed E-state index contributed by atoms with van der Waals surface area (Å²) < 4.78 is 0. The fraction of sp³-hybridized carbons (Fsp3) is 0.750. The third-order valence-electron chi connectivity index (χ3n) is 0.498. The van der Waals surface area contributed by atoms with E-state index in [0.29, 0.717) is 6.42 Å². The van der Waals surface area contributed by atoms with Crippen molar-refractivity contribution in [3.63, 3.8) is 0 Å². The van der Waals surface area contributed by atoms with Crippen LogP contribution < -0.4 is 0 Å². The number of Topliss-reactive ketones (excluding diaryl/α,β-unsaturated/α-hetero) is 1. The molecule has 0 aliphatic heterocycles. The Balaban J connectivity index is 0. The van der Waals surface area contributed by atoms with Gasteiger partial charge in [-0.25, -0.2) is 0 Å². The Morgan fingerprint density at radius 2 is 1.83 bits per heavy atom. The van der Waals surface area contributed by atoms with Gasteiger partial charge in [-0.3, -0.25) is 0 Å². The van der Waals surface area contributed by atoms with Gasteiger partial charge >= 0.3 is 17.1 Å². The molecular weight excluding hydrogens is 120 g/mol. The van der Waals surface area contributed by atoms with Crippen LogP contribution in [0.15, 0.2) is 0 Å². The third kappa shape index (κ3) is 8.89. The topological polar surface area (TPSA) is 17.1 Å². The number of hydrogen-bond acceptors (Lipinski definition) is 1. The van der Waals surface area contributed by atoms with Gasteiger partial charge in [0, 0.05) is 6.42 Å². The zero-order chi connectivity index (χ0) is 4.28. The van der Waals surface area contributed by atoms with Gasteiger partial charge in [-0.2, -0.15) is 0 Å². The monoisotopic (exact) mass is 128 g/mol. The zero-order valence-electron chi connectivity index (χ0n) is 3.97. The summed E-state index contributed by atoms with van der Waals surface area (Å²) in [5.74, 6) is 0.255. The standard InChI is InChI=1S/C4H8O.Fe/c1-3-4(2)5;/h3H2,1-2H3;/q;+3. The molecule has 0 amide bonds. The average molecular weight is 128 g/mol. The van der Waals surface area contributed by atoms with E-state index in [1.807, 2.05) is 6.92 Å². The van der Waals surface area contributed by atoms with Crippen molar-refractivity contribution in [1.29, 1.82) is 0 Å². The molecule has 0 unspecified atom stereocenters. The largest absolute Gasteiger partial charge is 3.00 e. The Morgan fingerprint density at radius 1 is 1.67 bits per heavy atom. The first-order valence-electron chi connectivity index (χ1n) is 1.76. The third-order valence-corrected chi connectivity index (χ3v) is 0.498. The Morgan fingerprint density at radius 3 is 1.83 bits per heavy atom. The smallest absolute Gasteiger partial charge is 0.300 e. The van der Waals surface area contributed by atoms with Crippen LogP contribution in [-0.2, 0) is 21.9 Å². The van der Waals surface area contributed by atoms with E-state index in [1.165, 1.54) is 0 Å². The molecule has 0 saturated carbocycles. The van der Waals surface area contributed by atoms with Crippen LogP contribution >= 0.6 is 0 Å². The summed E-state index contributed by atoms with van der Waals surface area (Å²) in [7, 11) is 0. The molecule has 0 aromatic heterocycles. The summed E-state index contributed by atoms with van der Waals surface area (Å²) in [5, 5.41) is 0. The van der Waals surface area contributed by atoms with Crippen molar-refractivity contribution in [3.8, 4) is 0 Å². The van der Waals surface area contributed by atoms with Crippen molar-refractivity contribution in [2.75, 3.05) is 0 Å². The Labute approximate surface area is 48.6 Å². The van der Waals surface area contributed by atoms with Crippen LogP contribution in [-0.4, -0.2) is 5.78 Å². The van der Waals surface area contributed by atoms with Gasteiger partial charge in [0.2, 0.25) is 0 Å². The normalized spacial score (nSPS) is 6.33. The van der Waals surface area contributed by atoms with E-state index in [9.17, 15) is 4.79 Å². The molecular formula is C4H8FeO+3. The summed E-state index contributed by atoms with van der Waals surface area (Å²) >= 11 is 0. The van der Waals surface area contributed by atoms with Gasteiger partial charge in [-0.05, 0) is 6.92 Å². The number of carbonyl (C=O) groups excluding carboxylic acids is 1. The molecule has 0 atom stereocenters. The van der Waals surface area contributed by atoms with Gasteiger partial charge < -0.3 is 4.79 Å². The van der Waals surface area contributed by atoms with Crippen molar-refractivity contribution >= 4 is 5.78 Å². The van der Waals surface area contributed by atoms with E-state index in [-0.39, 0.29) is 22.9 Å². The van der Waals surface area contributed by atoms with Crippen LogP contribution in [0.2, 0.25) is 0 Å². The molecule has 0 aromatic carbocycles. The molecule has 0 heterocycles. The van der Waals surface area contributed by atoms with E-state index in [1.54, 1.807) is 6.92 Å². The second kappa shape index (κ2) is 5.19. The van der Waals surface area contributed by atoms with Gasteiger partial charge in [0.1, 0.15) is 5.78 Å². The Kier molecular flexibility index (Phi) is 8.21. The predicted octanol–water partition coefficient (Wildman–Crippen LogP) is 0.983. The second-order valence-corrected chi connectivity index (χ2v) is 1.06. The molecule has 1 nitrogen and oxygen atoms in total. The average Bonchev–Trinajstić information content (AvgIpc) is 1.38. The fourth-order valence-electron chi connectivity index (χ4n) is 0. The van der Waals surface area contributed by atoms with Crippen molar-refractivity contribution in [2.24, 2.45) is 0 Å². The van der Waals surface area contributed by atoms with Gasteiger partial charge in [0.25, 0.3) is 0 Å². The van der Waals surface area contributed by atoms with Crippen molar-refractivity contribution in [3.05, 3.63) is 0 Å². The maximum Gasteiger partial charge on any atom is 3.00 e. The molecule has 0 aliphatic carbocycles. The molecule has 0 bridgehead atoms. The second-order valence-electron chi connectivity index (χ2n) is 1.06. The van der Waals surface area contributed by atoms with Crippen molar-refractivity contribution in [1.82, 2.24) is 0 Å². The van der Waals surface area contributed by atoms with E-state index in [4.69, 9.17) is 0 Å². The van der Waals surface area contributed by atoms with Crippen molar-refractivity contribution in [2.45, 2.75) is 20.3 Å². The number of hydrogen-bond donors (Lipinski definition) is 0. The van der Waals surface area contributed by atoms with Gasteiger partial charge in [0.15, 0.2) is 0 Å². The summed E-state index contributed by atoms with van der Waals surface area (Å²) in [6, 6.07) is 0. The first kappa shape index (κ1) is 9.50. The molecule has 0 saturated heterocycles. The predicted molar refractivity (Wildman–Crippen MR) is 21.0 cm³/mol. The van der Waals surface area contributed by atoms with Crippen LogP contribution in [0.4, 0.5) is 0 Å². The molecule has 0 aliphatic rings. The minimum Gasteiger partial charge on any atom is -0.300 e. The van der Waals surface area contributed by atoms with Crippen LogP contribution in [0.1, 0.15) is 20.3 Å². The van der Waals surface area contributed by atoms with E-state index in [0.717, 1.165) is 0 Å². The Bertz CT molecular complexity index is 42.8. The van der Waals surface area contributed by atoms with Gasteiger partial charge in [-0.15, -0.1) is 0 Å². The summed E-state index contributed by atoms with van der Waals surface area (Å²) in [4.78, 5) is 9.81. The van der Waals surface area contributed by atoms with Crippen molar-refractivity contribution < 1.29 is 21.9 Å². The molecule has 6 heavy (non-hydrogen) atoms. The molecule has 0 N–H and O–H groups in total. The molecule has 0 fully saturated rings. The zero-order valence-corrected chi connectivity index (χ0v) is 5.07. The SMILES string of the molecule is CCC(C)=O.[Fe+3]. The summed E-state index contributed by atoms with van der Waals surface area (Å²) in [5.41, 5.74) is 0. The van der Waals surface area contributed by atoms with Crippen LogP contribution in [0, 0.1) is 0 Å². The van der Waals surface area contributed by atoms with Crippen LogP contribution in [0.25, 0.3) is 0 Å². The summed E-state index contributed by atoms with van der Waals surface area (Å²) in [6.07, 6.45) is 0.667. The van der Waals surface area contributed by atoms with E-state index >= 15 is 0 Å². The molecule has 1 radical (unpaired) electrons. The maximum absolute atomic E-state index is 9.81. The maximum atomic E-state index is 9.81. The number of carbonyl (C=O) groups is 1.